The summed E-state index contributed by atoms with van der Waals surface area (Å²) in [6.07, 6.45) is 8.07. The largest absolute Gasteiger partial charge is 0.351 e. The average Bonchev–Trinajstić information content (AvgIpc) is 3.19. The summed E-state index contributed by atoms with van der Waals surface area (Å²) in [4.78, 5) is 21.9. The first kappa shape index (κ1) is 14.2. The van der Waals surface area contributed by atoms with Gasteiger partial charge in [0.2, 0.25) is 0 Å². The van der Waals surface area contributed by atoms with Crippen molar-refractivity contribution >= 4 is 11.0 Å². The molecule has 3 aromatic heterocycles. The Hall–Kier alpha value is -2.41. The summed E-state index contributed by atoms with van der Waals surface area (Å²) in [5.74, 6) is 0.713. The van der Waals surface area contributed by atoms with Crippen LogP contribution in [0.3, 0.4) is 0 Å². The molecule has 1 aliphatic heterocycles. The minimum absolute atomic E-state index is 0.111. The Kier molecular flexibility index (Phi) is 3.49. The molecule has 1 aliphatic rings. The van der Waals surface area contributed by atoms with Crippen molar-refractivity contribution in [1.82, 2.24) is 29.2 Å². The highest BCUT2D eigenvalue weighted by Gasteiger charge is 2.21. The van der Waals surface area contributed by atoms with Gasteiger partial charge in [0.15, 0.2) is 5.65 Å². The molecule has 0 atom stereocenters. The maximum absolute atomic E-state index is 12.1. The van der Waals surface area contributed by atoms with Crippen LogP contribution in [0.15, 0.2) is 35.5 Å². The predicted octanol–water partition coefficient (Wildman–Crippen LogP) is 1.30. The fourth-order valence-corrected chi connectivity index (χ4v) is 3.33. The number of nitrogens with zero attached hydrogens (tertiary/aromatic N) is 5. The molecule has 1 saturated heterocycles. The van der Waals surface area contributed by atoms with Crippen LogP contribution in [-0.4, -0.2) is 42.3 Å². The normalized spacial score (nSPS) is 17.1. The van der Waals surface area contributed by atoms with Crippen molar-refractivity contribution in [3.8, 4) is 0 Å². The second kappa shape index (κ2) is 5.66. The number of aryl methyl sites for hydroxylation is 1. The number of H-pyrrole nitrogens is 1. The van der Waals surface area contributed by atoms with E-state index >= 15 is 0 Å². The lowest BCUT2D eigenvalue weighted by Gasteiger charge is -2.32. The molecule has 120 valence electrons. The van der Waals surface area contributed by atoms with Crippen LogP contribution in [0.25, 0.3) is 11.0 Å². The molecule has 3 aromatic rings. The highest BCUT2D eigenvalue weighted by atomic mass is 16.1. The SMILES string of the molecule is Cn1ncc2c(=O)[nH]c(CN3CCC(n4cccc4)CC3)nc21. The van der Waals surface area contributed by atoms with E-state index in [1.807, 2.05) is 0 Å². The molecule has 4 heterocycles. The Bertz CT molecular complexity index is 854. The van der Waals surface area contributed by atoms with Crippen LogP contribution >= 0.6 is 0 Å². The van der Waals surface area contributed by atoms with Gasteiger partial charge in [-0.25, -0.2) is 4.98 Å². The fraction of sp³-hybridized carbons (Fsp3) is 0.438. The molecule has 1 N–H and O–H groups in total. The summed E-state index contributed by atoms with van der Waals surface area (Å²) in [5.41, 5.74) is 0.534. The number of hydrogen-bond acceptors (Lipinski definition) is 4. The second-order valence-corrected chi connectivity index (χ2v) is 6.16. The van der Waals surface area contributed by atoms with Crippen LogP contribution in [-0.2, 0) is 13.6 Å². The van der Waals surface area contributed by atoms with Crippen LogP contribution < -0.4 is 5.56 Å². The van der Waals surface area contributed by atoms with Gasteiger partial charge in [-0.3, -0.25) is 14.4 Å². The van der Waals surface area contributed by atoms with E-state index in [1.54, 1.807) is 17.9 Å². The predicted molar refractivity (Wildman–Crippen MR) is 87.1 cm³/mol. The molecule has 0 saturated carbocycles. The van der Waals surface area contributed by atoms with Crippen LogP contribution in [0, 0.1) is 0 Å². The first-order valence-electron chi connectivity index (χ1n) is 7.96. The molecular weight excluding hydrogens is 292 g/mol. The number of aromatic amines is 1. The Morgan fingerprint density at radius 2 is 2.00 bits per heavy atom. The standard InChI is InChI=1S/C16H20N6O/c1-20-15-13(10-17-20)16(23)19-14(18-15)11-21-8-4-12(5-9-21)22-6-2-3-7-22/h2-3,6-7,10,12H,4-5,8-9,11H2,1H3,(H,18,19,23). The van der Waals surface area contributed by atoms with Gasteiger partial charge < -0.3 is 9.55 Å². The first-order chi connectivity index (χ1) is 11.2. The van der Waals surface area contributed by atoms with E-state index in [4.69, 9.17) is 0 Å². The van der Waals surface area contributed by atoms with Gasteiger partial charge >= 0.3 is 0 Å². The summed E-state index contributed by atoms with van der Waals surface area (Å²) in [6, 6.07) is 4.72. The van der Waals surface area contributed by atoms with E-state index in [2.05, 4.69) is 49.1 Å². The van der Waals surface area contributed by atoms with E-state index in [0.29, 0.717) is 29.4 Å². The third-order valence-corrected chi connectivity index (χ3v) is 4.63. The van der Waals surface area contributed by atoms with E-state index in [1.165, 1.54) is 0 Å². The van der Waals surface area contributed by atoms with Crippen molar-refractivity contribution in [2.45, 2.75) is 25.4 Å². The first-order valence-corrected chi connectivity index (χ1v) is 7.96. The highest BCUT2D eigenvalue weighted by Crippen LogP contribution is 2.23. The molecule has 1 fully saturated rings. The Labute approximate surface area is 133 Å². The lowest BCUT2D eigenvalue weighted by atomic mass is 10.1. The number of rotatable bonds is 3. The van der Waals surface area contributed by atoms with Crippen LogP contribution in [0.2, 0.25) is 0 Å². The van der Waals surface area contributed by atoms with Crippen molar-refractivity contribution in [1.29, 1.82) is 0 Å². The third kappa shape index (κ3) is 2.68. The minimum atomic E-state index is -0.111. The molecule has 7 heteroatoms. The van der Waals surface area contributed by atoms with Gasteiger partial charge in [0.05, 0.1) is 12.7 Å². The number of piperidine rings is 1. The molecule has 0 bridgehead atoms. The zero-order chi connectivity index (χ0) is 15.8. The number of nitrogens with one attached hydrogen (secondary N) is 1. The second-order valence-electron chi connectivity index (χ2n) is 6.16. The molecule has 0 amide bonds. The van der Waals surface area contributed by atoms with Crippen molar-refractivity contribution in [2.24, 2.45) is 7.05 Å². The van der Waals surface area contributed by atoms with Gasteiger partial charge in [-0.2, -0.15) is 5.10 Å². The summed E-state index contributed by atoms with van der Waals surface area (Å²) in [6.45, 7) is 2.70. The zero-order valence-corrected chi connectivity index (χ0v) is 13.1. The molecule has 0 unspecified atom stereocenters. The third-order valence-electron chi connectivity index (χ3n) is 4.63. The summed E-state index contributed by atoms with van der Waals surface area (Å²) >= 11 is 0. The molecule has 0 aromatic carbocycles. The molecule has 4 rings (SSSR count). The summed E-state index contributed by atoms with van der Waals surface area (Å²) in [7, 11) is 1.81. The zero-order valence-electron chi connectivity index (χ0n) is 13.1. The summed E-state index contributed by atoms with van der Waals surface area (Å²) < 4.78 is 3.94. The number of hydrogen-bond donors (Lipinski definition) is 1. The van der Waals surface area contributed by atoms with Crippen LogP contribution in [0.5, 0.6) is 0 Å². The number of fused-ring (bicyclic) bond motifs is 1. The van der Waals surface area contributed by atoms with E-state index in [0.717, 1.165) is 25.9 Å². The topological polar surface area (TPSA) is 71.7 Å². The van der Waals surface area contributed by atoms with Crippen LogP contribution in [0.1, 0.15) is 24.7 Å². The minimum Gasteiger partial charge on any atom is -0.351 e. The fourth-order valence-electron chi connectivity index (χ4n) is 3.33. The van der Waals surface area contributed by atoms with Crippen molar-refractivity contribution in [2.75, 3.05) is 13.1 Å². The number of likely N-dealkylation sites (tertiary alicyclic amines) is 1. The Morgan fingerprint density at radius 3 is 2.74 bits per heavy atom. The molecule has 0 radical (unpaired) electrons. The quantitative estimate of drug-likeness (QED) is 0.791. The smallest absolute Gasteiger partial charge is 0.262 e. The van der Waals surface area contributed by atoms with E-state index < -0.39 is 0 Å². The molecular formula is C16H20N6O. The maximum atomic E-state index is 12.1. The molecule has 0 spiro atoms. The monoisotopic (exact) mass is 312 g/mol. The highest BCUT2D eigenvalue weighted by molar-refractivity contribution is 5.72. The molecule has 7 nitrogen and oxygen atoms in total. The van der Waals surface area contributed by atoms with E-state index in [-0.39, 0.29) is 5.56 Å². The van der Waals surface area contributed by atoms with Gasteiger partial charge in [0.1, 0.15) is 11.2 Å². The average molecular weight is 312 g/mol. The van der Waals surface area contributed by atoms with Crippen molar-refractivity contribution < 1.29 is 0 Å². The lowest BCUT2D eigenvalue weighted by Crippen LogP contribution is -2.35. The maximum Gasteiger partial charge on any atom is 0.262 e. The van der Waals surface area contributed by atoms with E-state index in [9.17, 15) is 4.79 Å². The van der Waals surface area contributed by atoms with Crippen molar-refractivity contribution in [3.05, 3.63) is 46.9 Å². The Balaban J connectivity index is 1.47. The number of aromatic nitrogens is 5. The summed E-state index contributed by atoms with van der Waals surface area (Å²) in [5, 5.41) is 4.64. The van der Waals surface area contributed by atoms with Gasteiger partial charge in [0.25, 0.3) is 5.56 Å². The molecule has 23 heavy (non-hydrogen) atoms. The van der Waals surface area contributed by atoms with Gasteiger partial charge in [0, 0.05) is 38.6 Å². The van der Waals surface area contributed by atoms with Gasteiger partial charge in [-0.1, -0.05) is 0 Å². The van der Waals surface area contributed by atoms with Gasteiger partial charge in [-0.05, 0) is 25.0 Å². The van der Waals surface area contributed by atoms with Crippen LogP contribution in [0.4, 0.5) is 0 Å². The lowest BCUT2D eigenvalue weighted by molar-refractivity contribution is 0.176. The Morgan fingerprint density at radius 1 is 1.26 bits per heavy atom. The van der Waals surface area contributed by atoms with Crippen molar-refractivity contribution in [3.63, 3.8) is 0 Å². The van der Waals surface area contributed by atoms with Gasteiger partial charge in [-0.15, -0.1) is 0 Å². The molecule has 0 aliphatic carbocycles.